The molecule has 0 aromatic heterocycles. The predicted molar refractivity (Wildman–Crippen MR) is 110 cm³/mol. The maximum Gasteiger partial charge on any atom is 0.277 e. The summed E-state index contributed by atoms with van der Waals surface area (Å²) in [5, 5.41) is 6.73. The molecule has 27 heavy (non-hydrogen) atoms. The first-order chi connectivity index (χ1) is 12.8. The molecule has 0 atom stereocenters. The third kappa shape index (κ3) is 7.22. The number of halogens is 1. The lowest BCUT2D eigenvalue weighted by atomic mass is 10.2. The number of amides is 2. The van der Waals surface area contributed by atoms with Crippen molar-refractivity contribution in [2.24, 2.45) is 5.10 Å². The summed E-state index contributed by atoms with van der Waals surface area (Å²) in [6.45, 7) is 5.42. The Morgan fingerprint density at radius 1 is 1.07 bits per heavy atom. The standard InChI is InChI=1S/C20H22BrN3O3/c1-13-5-4-6-16(9-13)22-19(25)11-15(3)23-24-20(26)12-27-18-8-7-14(2)10-17(18)21/h4-10H,11-12H2,1-3H3,(H,22,25)(H,24,26)/b23-15-. The monoisotopic (exact) mass is 431 g/mol. The quantitative estimate of drug-likeness (QED) is 0.514. The molecular weight excluding hydrogens is 410 g/mol. The fourth-order valence-electron chi connectivity index (χ4n) is 2.26. The van der Waals surface area contributed by atoms with Gasteiger partial charge in [0.25, 0.3) is 5.91 Å². The lowest BCUT2D eigenvalue weighted by Crippen LogP contribution is -2.26. The molecular formula is C20H22BrN3O3. The van der Waals surface area contributed by atoms with E-state index in [1.807, 2.05) is 50.2 Å². The number of nitrogens with one attached hydrogen (secondary N) is 2. The number of ether oxygens (including phenoxy) is 1. The summed E-state index contributed by atoms with van der Waals surface area (Å²) in [5.41, 5.74) is 5.76. The first-order valence-electron chi connectivity index (χ1n) is 8.41. The van der Waals surface area contributed by atoms with Gasteiger partial charge >= 0.3 is 0 Å². The molecule has 2 amide bonds. The molecule has 0 saturated carbocycles. The van der Waals surface area contributed by atoms with Crippen LogP contribution < -0.4 is 15.5 Å². The lowest BCUT2D eigenvalue weighted by Gasteiger charge is -2.08. The number of hydrogen-bond acceptors (Lipinski definition) is 4. The van der Waals surface area contributed by atoms with Crippen molar-refractivity contribution in [2.75, 3.05) is 11.9 Å². The number of benzene rings is 2. The molecule has 0 aliphatic rings. The van der Waals surface area contributed by atoms with Crippen LogP contribution in [0.4, 0.5) is 5.69 Å². The predicted octanol–water partition coefficient (Wildman–Crippen LogP) is 3.97. The minimum absolute atomic E-state index is 0.0819. The van der Waals surface area contributed by atoms with Gasteiger partial charge in [0, 0.05) is 11.4 Å². The summed E-state index contributed by atoms with van der Waals surface area (Å²) < 4.78 is 6.23. The number of carbonyl (C=O) groups is 2. The molecule has 2 N–H and O–H groups in total. The molecule has 142 valence electrons. The SMILES string of the molecule is C/C(CC(=O)Nc1cccc(C)c1)=N/NC(=O)COc1ccc(C)cc1Br. The highest BCUT2D eigenvalue weighted by Gasteiger charge is 2.07. The average Bonchev–Trinajstić information content (AvgIpc) is 2.59. The van der Waals surface area contributed by atoms with Crippen LogP contribution in [0.5, 0.6) is 5.75 Å². The maximum atomic E-state index is 12.0. The van der Waals surface area contributed by atoms with Gasteiger partial charge in [-0.05, 0) is 72.1 Å². The smallest absolute Gasteiger partial charge is 0.277 e. The van der Waals surface area contributed by atoms with Crippen LogP contribution in [0, 0.1) is 13.8 Å². The summed E-state index contributed by atoms with van der Waals surface area (Å²) in [4.78, 5) is 23.9. The van der Waals surface area contributed by atoms with Crippen molar-refractivity contribution >= 4 is 39.1 Å². The number of rotatable bonds is 7. The molecule has 2 aromatic carbocycles. The van der Waals surface area contributed by atoms with Crippen LogP contribution >= 0.6 is 15.9 Å². The van der Waals surface area contributed by atoms with Crippen molar-refractivity contribution < 1.29 is 14.3 Å². The first kappa shape index (κ1) is 20.6. The summed E-state index contributed by atoms with van der Waals surface area (Å²) >= 11 is 3.39. The Labute approximate surface area is 167 Å². The van der Waals surface area contributed by atoms with E-state index >= 15 is 0 Å². The Bertz CT molecular complexity index is 865. The Hall–Kier alpha value is -2.67. The van der Waals surface area contributed by atoms with E-state index in [4.69, 9.17) is 4.74 Å². The highest BCUT2D eigenvalue weighted by Crippen LogP contribution is 2.25. The Morgan fingerprint density at radius 2 is 1.81 bits per heavy atom. The molecule has 0 spiro atoms. The zero-order valence-electron chi connectivity index (χ0n) is 15.5. The van der Waals surface area contributed by atoms with Gasteiger partial charge in [0.2, 0.25) is 5.91 Å². The van der Waals surface area contributed by atoms with Gasteiger partial charge in [-0.3, -0.25) is 9.59 Å². The third-order valence-electron chi connectivity index (χ3n) is 3.54. The molecule has 0 saturated heterocycles. The normalized spacial score (nSPS) is 11.0. The molecule has 0 unspecified atom stereocenters. The fraction of sp³-hybridized carbons (Fsp3) is 0.250. The topological polar surface area (TPSA) is 79.8 Å². The second kappa shape index (κ2) is 9.87. The molecule has 0 heterocycles. The van der Waals surface area contributed by atoms with Crippen LogP contribution in [0.3, 0.4) is 0 Å². The van der Waals surface area contributed by atoms with Gasteiger partial charge in [0.05, 0.1) is 10.9 Å². The zero-order chi connectivity index (χ0) is 19.8. The molecule has 0 fully saturated rings. The number of carbonyl (C=O) groups excluding carboxylic acids is 2. The van der Waals surface area contributed by atoms with E-state index in [2.05, 4.69) is 31.8 Å². The van der Waals surface area contributed by atoms with Gasteiger partial charge in [-0.2, -0.15) is 5.10 Å². The van der Waals surface area contributed by atoms with Crippen LogP contribution in [-0.4, -0.2) is 24.1 Å². The second-order valence-electron chi connectivity index (χ2n) is 6.20. The number of nitrogens with zero attached hydrogens (tertiary/aromatic N) is 1. The summed E-state index contributed by atoms with van der Waals surface area (Å²) in [5.74, 6) is -0.0224. The van der Waals surface area contributed by atoms with Gasteiger partial charge in [-0.15, -0.1) is 0 Å². The van der Waals surface area contributed by atoms with E-state index in [1.165, 1.54) is 0 Å². The Kier molecular flexibility index (Phi) is 7.55. The number of anilines is 1. The van der Waals surface area contributed by atoms with Crippen molar-refractivity contribution in [2.45, 2.75) is 27.2 Å². The molecule has 0 radical (unpaired) electrons. The van der Waals surface area contributed by atoms with Crippen molar-refractivity contribution in [3.63, 3.8) is 0 Å². The van der Waals surface area contributed by atoms with Gasteiger partial charge in [-0.1, -0.05) is 18.2 Å². The number of hydrogen-bond donors (Lipinski definition) is 2. The van der Waals surface area contributed by atoms with Crippen LogP contribution in [0.1, 0.15) is 24.5 Å². The minimum Gasteiger partial charge on any atom is -0.483 e. The van der Waals surface area contributed by atoms with Gasteiger partial charge < -0.3 is 10.1 Å². The maximum absolute atomic E-state index is 12.0. The molecule has 0 bridgehead atoms. The highest BCUT2D eigenvalue weighted by molar-refractivity contribution is 9.10. The van der Waals surface area contributed by atoms with Crippen molar-refractivity contribution in [1.29, 1.82) is 0 Å². The minimum atomic E-state index is -0.402. The summed E-state index contributed by atoms with van der Waals surface area (Å²) in [7, 11) is 0. The lowest BCUT2D eigenvalue weighted by molar-refractivity contribution is -0.123. The molecule has 0 aliphatic heterocycles. The van der Waals surface area contributed by atoms with E-state index in [0.29, 0.717) is 11.5 Å². The van der Waals surface area contributed by atoms with E-state index in [0.717, 1.165) is 21.3 Å². The van der Waals surface area contributed by atoms with Crippen molar-refractivity contribution in [3.05, 3.63) is 58.1 Å². The molecule has 2 aromatic rings. The molecule has 6 nitrogen and oxygen atoms in total. The Balaban J connectivity index is 1.78. The van der Waals surface area contributed by atoms with E-state index in [9.17, 15) is 9.59 Å². The summed E-state index contributed by atoms with van der Waals surface area (Å²) in [6.07, 6.45) is 0.0819. The first-order valence-corrected chi connectivity index (χ1v) is 9.20. The van der Waals surface area contributed by atoms with Gasteiger partial charge in [0.1, 0.15) is 5.75 Å². The van der Waals surface area contributed by atoms with Crippen molar-refractivity contribution in [1.82, 2.24) is 5.43 Å². The van der Waals surface area contributed by atoms with E-state index in [1.54, 1.807) is 13.0 Å². The average molecular weight is 432 g/mol. The molecule has 0 aliphatic carbocycles. The van der Waals surface area contributed by atoms with Gasteiger partial charge in [0.15, 0.2) is 6.61 Å². The number of aryl methyl sites for hydroxylation is 2. The highest BCUT2D eigenvalue weighted by atomic mass is 79.9. The molecule has 2 rings (SSSR count). The third-order valence-corrected chi connectivity index (χ3v) is 4.16. The van der Waals surface area contributed by atoms with E-state index < -0.39 is 5.91 Å². The second-order valence-corrected chi connectivity index (χ2v) is 7.05. The zero-order valence-corrected chi connectivity index (χ0v) is 17.1. The van der Waals surface area contributed by atoms with Crippen LogP contribution in [0.25, 0.3) is 0 Å². The molecule has 7 heteroatoms. The van der Waals surface area contributed by atoms with Crippen molar-refractivity contribution in [3.8, 4) is 5.75 Å². The number of hydrazone groups is 1. The Morgan fingerprint density at radius 3 is 2.52 bits per heavy atom. The van der Waals surface area contributed by atoms with Crippen LogP contribution in [0.2, 0.25) is 0 Å². The summed E-state index contributed by atoms with van der Waals surface area (Å²) in [6, 6.07) is 13.1. The largest absolute Gasteiger partial charge is 0.483 e. The van der Waals surface area contributed by atoms with E-state index in [-0.39, 0.29) is 18.9 Å². The van der Waals surface area contributed by atoms with Crippen LogP contribution in [0.15, 0.2) is 52.0 Å². The van der Waals surface area contributed by atoms with Crippen LogP contribution in [-0.2, 0) is 9.59 Å². The fourth-order valence-corrected chi connectivity index (χ4v) is 2.86. The van der Waals surface area contributed by atoms with Gasteiger partial charge in [-0.25, -0.2) is 5.43 Å².